The third-order valence-corrected chi connectivity index (χ3v) is 9.66. The molecule has 0 saturated heterocycles. The number of hydrogen-bond donors (Lipinski definition) is 5. The number of ketones is 3. The van der Waals surface area contributed by atoms with Crippen molar-refractivity contribution >= 4 is 23.3 Å². The molecule has 5 rings (SSSR count). The molecule has 4 aliphatic carbocycles. The molecule has 6 atom stereocenters. The van der Waals surface area contributed by atoms with Crippen LogP contribution in [0.2, 0.25) is 0 Å². The maximum absolute atomic E-state index is 14.1. The van der Waals surface area contributed by atoms with E-state index in [9.17, 15) is 39.6 Å². The maximum atomic E-state index is 14.1. The molecule has 1 fully saturated rings. The van der Waals surface area contributed by atoms with Gasteiger partial charge in [0.25, 0.3) is 5.91 Å². The molecule has 1 aromatic carbocycles. The van der Waals surface area contributed by atoms with Crippen LogP contribution in [0.25, 0.3) is 0 Å². The number of aliphatic hydroxyl groups is 3. The van der Waals surface area contributed by atoms with Crippen LogP contribution >= 0.6 is 0 Å². The topological polar surface area (TPSA) is 188 Å². The molecule has 6 unspecified atom stereocenters. The molecule has 1 amide bonds. The quantitative estimate of drug-likeness (QED) is 0.284. The van der Waals surface area contributed by atoms with Crippen LogP contribution < -0.4 is 5.73 Å². The Kier molecular flexibility index (Phi) is 7.80. The number of primary amides is 1. The van der Waals surface area contributed by atoms with E-state index in [1.807, 2.05) is 0 Å². The van der Waals surface area contributed by atoms with Gasteiger partial charge in [-0.15, -0.1) is 0 Å². The van der Waals surface area contributed by atoms with Crippen molar-refractivity contribution in [2.24, 2.45) is 23.5 Å². The van der Waals surface area contributed by atoms with Gasteiger partial charge in [-0.2, -0.15) is 0 Å². The minimum Gasteiger partial charge on any atom is -0.510 e. The van der Waals surface area contributed by atoms with Crippen molar-refractivity contribution < 1.29 is 44.3 Å². The van der Waals surface area contributed by atoms with E-state index >= 15 is 0 Å². The number of ether oxygens (including phenoxy) is 1. The number of carbonyl (C=O) groups is 4. The van der Waals surface area contributed by atoms with Crippen molar-refractivity contribution in [3.8, 4) is 5.75 Å². The Morgan fingerprint density at radius 2 is 1.79 bits per heavy atom. The largest absolute Gasteiger partial charge is 0.510 e. The Hall–Kier alpha value is -3.54. The highest BCUT2D eigenvalue weighted by atomic mass is 16.5. The van der Waals surface area contributed by atoms with Gasteiger partial charge in [0.15, 0.2) is 11.4 Å². The summed E-state index contributed by atoms with van der Waals surface area (Å²) in [5, 5.41) is 46.1. The Labute approximate surface area is 243 Å². The van der Waals surface area contributed by atoms with Crippen molar-refractivity contribution in [1.82, 2.24) is 4.90 Å². The highest BCUT2D eigenvalue weighted by molar-refractivity contribution is 6.25. The van der Waals surface area contributed by atoms with E-state index in [1.54, 1.807) is 33.2 Å². The number of allylic oxidation sites excluding steroid dienone is 1. The van der Waals surface area contributed by atoms with Gasteiger partial charge in [0.2, 0.25) is 5.78 Å². The van der Waals surface area contributed by atoms with Gasteiger partial charge >= 0.3 is 0 Å². The first-order chi connectivity index (χ1) is 19.9. The number of phenols is 1. The number of nitrogens with two attached hydrogens (primary N) is 1. The zero-order valence-electron chi connectivity index (χ0n) is 24.0. The molecule has 4 aliphatic rings. The van der Waals surface area contributed by atoms with Crippen molar-refractivity contribution in [3.05, 3.63) is 52.0 Å². The summed E-state index contributed by atoms with van der Waals surface area (Å²) in [6.45, 7) is 1.76. The molecule has 0 heterocycles. The van der Waals surface area contributed by atoms with Crippen molar-refractivity contribution in [3.63, 3.8) is 0 Å². The molecule has 0 aromatic heterocycles. The van der Waals surface area contributed by atoms with Crippen LogP contribution in [-0.2, 0) is 19.1 Å². The van der Waals surface area contributed by atoms with E-state index in [-0.39, 0.29) is 48.2 Å². The molecule has 0 spiro atoms. The fourth-order valence-corrected chi connectivity index (χ4v) is 7.77. The Morgan fingerprint density at radius 1 is 1.12 bits per heavy atom. The number of hydrogen-bond acceptors (Lipinski definition) is 10. The highest BCUT2D eigenvalue weighted by Gasteiger charge is 2.67. The second-order valence-corrected chi connectivity index (χ2v) is 12.1. The van der Waals surface area contributed by atoms with Gasteiger partial charge in [-0.05, 0) is 44.5 Å². The average molecular weight is 583 g/mol. The minimum absolute atomic E-state index is 0.0171. The average Bonchev–Trinajstić information content (AvgIpc) is 3.45. The zero-order chi connectivity index (χ0) is 30.7. The summed E-state index contributed by atoms with van der Waals surface area (Å²) in [4.78, 5) is 54.9. The number of nitrogens with zero attached hydrogens (tertiary/aromatic N) is 1. The Morgan fingerprint density at radius 3 is 2.38 bits per heavy atom. The fraction of sp³-hybridized carbons (Fsp3) is 0.548. The number of phenolic OH excluding ortho intramolecular Hbond substituents is 1. The molecule has 0 bridgehead atoms. The van der Waals surface area contributed by atoms with Gasteiger partial charge in [0.1, 0.15) is 28.6 Å². The normalized spacial score (nSPS) is 31.3. The van der Waals surface area contributed by atoms with Crippen LogP contribution in [0.15, 0.2) is 40.9 Å². The monoisotopic (exact) mass is 582 g/mol. The number of aliphatic hydroxyl groups excluding tert-OH is 2. The van der Waals surface area contributed by atoms with Crippen LogP contribution in [0.4, 0.5) is 0 Å². The van der Waals surface area contributed by atoms with Gasteiger partial charge < -0.3 is 30.9 Å². The second kappa shape index (κ2) is 10.9. The van der Waals surface area contributed by atoms with Crippen LogP contribution in [0, 0.1) is 17.8 Å². The lowest BCUT2D eigenvalue weighted by Crippen LogP contribution is -2.67. The zero-order valence-corrected chi connectivity index (χ0v) is 24.0. The van der Waals surface area contributed by atoms with Gasteiger partial charge in [0.05, 0.1) is 24.3 Å². The predicted octanol–water partition coefficient (Wildman–Crippen LogP) is 2.22. The molecular weight excluding hydrogens is 544 g/mol. The first kappa shape index (κ1) is 29.9. The van der Waals surface area contributed by atoms with Gasteiger partial charge in [-0.25, -0.2) is 0 Å². The van der Waals surface area contributed by atoms with Crippen LogP contribution in [0.5, 0.6) is 5.75 Å². The lowest BCUT2D eigenvalue weighted by molar-refractivity contribution is -0.156. The van der Waals surface area contributed by atoms with Crippen LogP contribution in [0.1, 0.15) is 67.3 Å². The van der Waals surface area contributed by atoms with E-state index in [4.69, 9.17) is 10.5 Å². The lowest BCUT2D eigenvalue weighted by Gasteiger charge is -2.55. The Balaban J connectivity index is 1.80. The predicted molar refractivity (Wildman–Crippen MR) is 150 cm³/mol. The summed E-state index contributed by atoms with van der Waals surface area (Å²) in [5.41, 5.74) is 1.80. The lowest BCUT2D eigenvalue weighted by atomic mass is 9.51. The summed E-state index contributed by atoms with van der Waals surface area (Å²) in [6.07, 6.45) is 3.68. The van der Waals surface area contributed by atoms with Crippen molar-refractivity contribution in [2.75, 3.05) is 20.7 Å². The molecule has 6 N–H and O–H groups in total. The molecule has 11 nitrogen and oxygen atoms in total. The molecule has 11 heteroatoms. The second-order valence-electron chi connectivity index (χ2n) is 12.1. The van der Waals surface area contributed by atoms with Crippen LogP contribution in [-0.4, -0.2) is 87.0 Å². The number of likely N-dealkylation sites (N-methyl/N-ethyl adjacent to an activating group) is 1. The molecule has 1 aromatic rings. The van der Waals surface area contributed by atoms with E-state index in [0.29, 0.717) is 5.56 Å². The summed E-state index contributed by atoms with van der Waals surface area (Å²) >= 11 is 0. The molecule has 42 heavy (non-hydrogen) atoms. The summed E-state index contributed by atoms with van der Waals surface area (Å²) in [6, 6.07) is 3.42. The number of carbonyl (C=O) groups excluding carboxylic acids is 4. The van der Waals surface area contributed by atoms with Gasteiger partial charge in [0, 0.05) is 36.2 Å². The van der Waals surface area contributed by atoms with Crippen molar-refractivity contribution in [1.29, 1.82) is 0 Å². The third kappa shape index (κ3) is 4.37. The van der Waals surface area contributed by atoms with E-state index < -0.39 is 69.9 Å². The summed E-state index contributed by atoms with van der Waals surface area (Å²) < 4.78 is 6.32. The molecular formula is C31H38N2O9. The number of Topliss-reactive ketones (excluding diaryl/α,β-unsaturated/α-hetero) is 3. The fourth-order valence-electron chi connectivity index (χ4n) is 7.77. The standard InChI is InChI=1S/C31H38N2O9/c1-4-14(34)12-17-20-18(13-42-15-8-5-6-9-15)16-10-7-11-19(35)21(16)26(36)22(20)28(38)31(41)24(17)25(33(2)3)27(37)23(29(31)39)30(32)40/h7,10-11,15,17-18,20,24-25,35,37-38,41H,4-6,8-9,12-13H2,1-3H3,(H2,32,40). The first-order valence-corrected chi connectivity index (χ1v) is 14.5. The van der Waals surface area contributed by atoms with Gasteiger partial charge in [-0.3, -0.25) is 24.1 Å². The number of amides is 1. The van der Waals surface area contributed by atoms with Gasteiger partial charge in [-0.1, -0.05) is 31.9 Å². The summed E-state index contributed by atoms with van der Waals surface area (Å²) in [5.74, 6) is -9.52. The SMILES string of the molecule is CCC(=O)CC1C2C(=C(O)C3(O)C(=O)C(C(N)=O)=C(O)C(N(C)C)C13)C(=O)c1c(O)cccc1C2COC1CCCC1. The number of aromatic hydroxyl groups is 1. The van der Waals surface area contributed by atoms with Crippen LogP contribution in [0.3, 0.4) is 0 Å². The number of rotatable bonds is 8. The molecule has 226 valence electrons. The minimum atomic E-state index is -2.86. The first-order valence-electron chi connectivity index (χ1n) is 14.5. The highest BCUT2D eigenvalue weighted by Crippen LogP contribution is 2.59. The molecule has 0 aliphatic heterocycles. The maximum Gasteiger partial charge on any atom is 0.255 e. The van der Waals surface area contributed by atoms with E-state index in [1.165, 1.54) is 11.0 Å². The summed E-state index contributed by atoms with van der Waals surface area (Å²) in [7, 11) is 3.12. The molecule has 1 saturated carbocycles. The molecule has 0 radical (unpaired) electrons. The third-order valence-electron chi connectivity index (χ3n) is 9.66. The van der Waals surface area contributed by atoms with E-state index in [0.717, 1.165) is 25.7 Å². The number of fused-ring (bicyclic) bond motifs is 3. The van der Waals surface area contributed by atoms with Crippen molar-refractivity contribution in [2.45, 2.75) is 69.1 Å². The number of benzene rings is 1. The van der Waals surface area contributed by atoms with E-state index in [2.05, 4.69) is 0 Å². The Bertz CT molecular complexity index is 1410. The smallest absolute Gasteiger partial charge is 0.255 e.